The molecule has 0 aromatic rings. The molecule has 0 amide bonds. The van der Waals surface area contributed by atoms with E-state index in [1.54, 1.807) is 0 Å². The van der Waals surface area contributed by atoms with Crippen molar-refractivity contribution in [3.63, 3.8) is 0 Å². The second-order valence-corrected chi connectivity index (χ2v) is 4.27. The van der Waals surface area contributed by atoms with Crippen LogP contribution < -0.4 is 0 Å². The maximum absolute atomic E-state index is 11.5. The second-order valence-electron chi connectivity index (χ2n) is 4.27. The molecular weight excluding hydrogens is 346 g/mol. The Bertz CT molecular complexity index is 345. The normalized spacial score (nSPS) is 10.0. The molecule has 0 saturated heterocycles. The van der Waals surface area contributed by atoms with Gasteiger partial charge in [0.25, 0.3) is 0 Å². The van der Waals surface area contributed by atoms with Gasteiger partial charge in [0.15, 0.2) is 0 Å². The molecule has 1 atom stereocenters. The molecule has 9 heteroatoms. The summed E-state index contributed by atoms with van der Waals surface area (Å²) in [6.45, 7) is -0.155. The van der Waals surface area contributed by atoms with E-state index in [0.717, 1.165) is 0 Å². The van der Waals surface area contributed by atoms with Crippen molar-refractivity contribution in [2.75, 3.05) is 48.1 Å². The monoisotopic (exact) mass is 385 g/mol. The number of carbonyl (C=O) groups is 3. The van der Waals surface area contributed by atoms with Gasteiger partial charge in [-0.3, -0.25) is 19.3 Å². The molecule has 160 valence electrons. The van der Waals surface area contributed by atoms with E-state index in [0.29, 0.717) is 6.42 Å². The van der Waals surface area contributed by atoms with Gasteiger partial charge >= 0.3 is 17.9 Å². The quantitative estimate of drug-likeness (QED) is 0.174. The minimum Gasteiger partial charge on any atom is -0.469 e. The van der Waals surface area contributed by atoms with E-state index in [1.165, 1.54) is 33.3 Å². The maximum atomic E-state index is 11.5. The van der Waals surface area contributed by atoms with Crippen LogP contribution in [0.15, 0.2) is 0 Å². The van der Waals surface area contributed by atoms with Gasteiger partial charge in [-0.25, -0.2) is 9.78 Å². The molecule has 0 bridgehead atoms. The van der Waals surface area contributed by atoms with Gasteiger partial charge in [-0.1, -0.05) is 29.7 Å². The van der Waals surface area contributed by atoms with Crippen LogP contribution >= 0.6 is 0 Å². The first-order valence-electron chi connectivity index (χ1n) is 6.58. The van der Waals surface area contributed by atoms with Crippen LogP contribution in [0.4, 0.5) is 0 Å². The van der Waals surface area contributed by atoms with E-state index in [4.69, 9.17) is 4.89 Å². The number of hydrogen-bond donors (Lipinski definition) is 0. The van der Waals surface area contributed by atoms with Gasteiger partial charge in [0, 0.05) is 6.04 Å². The van der Waals surface area contributed by atoms with Crippen molar-refractivity contribution in [3.8, 4) is 0 Å². The third-order valence-corrected chi connectivity index (χ3v) is 2.92. The molecule has 0 heterocycles. The highest BCUT2D eigenvalue weighted by Gasteiger charge is 2.26. The number of hydrogen-bond acceptors (Lipinski definition) is 9. The van der Waals surface area contributed by atoms with Gasteiger partial charge < -0.3 is 14.2 Å². The number of esters is 3. The standard InChI is InChI=1S/C13H23NO8.4CH4/c1-18-11(15)7-10(5-6-22-21-4)14(8-12(16)19-2)9-13(17)20-3;;;;/h10H,5-9H2,1-4H3;4*1H4. The molecule has 0 aliphatic rings. The summed E-state index contributed by atoms with van der Waals surface area (Å²) in [5.74, 6) is -1.54. The Kier molecular flexibility index (Phi) is 29.1. The predicted octanol–water partition coefficient (Wildman–Crippen LogP) is 2.08. The summed E-state index contributed by atoms with van der Waals surface area (Å²) < 4.78 is 13.8. The molecule has 0 radical (unpaired) electrons. The van der Waals surface area contributed by atoms with Crippen molar-refractivity contribution in [1.29, 1.82) is 0 Å². The SMILES string of the molecule is C.C.C.C.COOCCC(CC(=O)OC)N(CC(=O)OC)CC(=O)OC. The molecule has 1 unspecified atom stereocenters. The fraction of sp³-hybridized carbons (Fsp3) is 0.824. The zero-order valence-corrected chi connectivity index (χ0v) is 13.3. The van der Waals surface area contributed by atoms with Gasteiger partial charge in [0.1, 0.15) is 0 Å². The van der Waals surface area contributed by atoms with Crippen molar-refractivity contribution in [2.45, 2.75) is 48.6 Å². The maximum Gasteiger partial charge on any atom is 0.319 e. The molecule has 0 rings (SSSR count). The van der Waals surface area contributed by atoms with Crippen LogP contribution in [0.25, 0.3) is 0 Å². The highest BCUT2D eigenvalue weighted by molar-refractivity contribution is 5.75. The first kappa shape index (κ1) is 35.4. The average molecular weight is 385 g/mol. The Hall–Kier alpha value is -1.71. The van der Waals surface area contributed by atoms with Crippen LogP contribution in [0.1, 0.15) is 42.5 Å². The summed E-state index contributed by atoms with van der Waals surface area (Å²) >= 11 is 0. The predicted molar refractivity (Wildman–Crippen MR) is 101 cm³/mol. The van der Waals surface area contributed by atoms with Crippen LogP contribution in [0.3, 0.4) is 0 Å². The number of rotatable bonds is 11. The Morgan fingerprint density at radius 2 is 1.19 bits per heavy atom. The van der Waals surface area contributed by atoms with Gasteiger partial charge in [0.05, 0.1) is 54.6 Å². The largest absolute Gasteiger partial charge is 0.469 e. The van der Waals surface area contributed by atoms with Crippen LogP contribution in [-0.4, -0.2) is 77.0 Å². The molecule has 9 nitrogen and oxygen atoms in total. The minimum absolute atomic E-state index is 0. The van der Waals surface area contributed by atoms with E-state index in [9.17, 15) is 14.4 Å². The van der Waals surface area contributed by atoms with Crippen LogP contribution in [0.5, 0.6) is 0 Å². The van der Waals surface area contributed by atoms with Gasteiger partial charge in [0.2, 0.25) is 0 Å². The Morgan fingerprint density at radius 3 is 1.54 bits per heavy atom. The molecule has 0 aliphatic heterocycles. The summed E-state index contributed by atoms with van der Waals surface area (Å²) in [6.07, 6.45) is 0.328. The third-order valence-electron chi connectivity index (χ3n) is 2.92. The molecule has 0 N–H and O–H groups in total. The van der Waals surface area contributed by atoms with E-state index in [2.05, 4.69) is 19.1 Å². The zero-order valence-electron chi connectivity index (χ0n) is 13.3. The Balaban J connectivity index is -0.000000367. The van der Waals surface area contributed by atoms with E-state index in [-0.39, 0.29) is 55.8 Å². The summed E-state index contributed by atoms with van der Waals surface area (Å²) in [5.41, 5.74) is 0. The molecule has 0 aliphatic carbocycles. The number of carbonyl (C=O) groups excluding carboxylic acids is 3. The molecule has 0 fully saturated rings. The van der Waals surface area contributed by atoms with E-state index in [1.807, 2.05) is 0 Å². The molecule has 0 aromatic carbocycles. The average Bonchev–Trinajstić information content (AvgIpc) is 2.52. The highest BCUT2D eigenvalue weighted by Crippen LogP contribution is 2.11. The lowest BCUT2D eigenvalue weighted by Gasteiger charge is -2.28. The molecule has 0 saturated carbocycles. The summed E-state index contributed by atoms with van der Waals surface area (Å²) in [7, 11) is 5.09. The lowest BCUT2D eigenvalue weighted by Crippen LogP contribution is -2.44. The number of nitrogens with zero attached hydrogens (tertiary/aromatic N) is 1. The fourth-order valence-corrected chi connectivity index (χ4v) is 1.73. The highest BCUT2D eigenvalue weighted by atomic mass is 17.2. The molecular formula is C17H39NO8. The summed E-state index contributed by atoms with van der Waals surface area (Å²) in [6, 6.07) is -0.471. The minimum atomic E-state index is -0.536. The topological polar surface area (TPSA) is 101 Å². The second kappa shape index (κ2) is 21.3. The summed E-state index contributed by atoms with van der Waals surface area (Å²) in [5, 5.41) is 0. The first-order valence-corrected chi connectivity index (χ1v) is 6.58. The van der Waals surface area contributed by atoms with Crippen molar-refractivity contribution in [3.05, 3.63) is 0 Å². The lowest BCUT2D eigenvalue weighted by molar-refractivity contribution is -0.274. The van der Waals surface area contributed by atoms with Crippen LogP contribution in [0.2, 0.25) is 0 Å². The Morgan fingerprint density at radius 1 is 0.769 bits per heavy atom. The van der Waals surface area contributed by atoms with Crippen molar-refractivity contribution in [1.82, 2.24) is 4.90 Å². The Labute approximate surface area is 158 Å². The smallest absolute Gasteiger partial charge is 0.319 e. The number of methoxy groups -OCH3 is 3. The van der Waals surface area contributed by atoms with Crippen molar-refractivity contribution in [2.24, 2.45) is 0 Å². The van der Waals surface area contributed by atoms with Crippen molar-refractivity contribution < 1.29 is 38.4 Å². The fourth-order valence-electron chi connectivity index (χ4n) is 1.73. The lowest BCUT2D eigenvalue weighted by atomic mass is 10.1. The van der Waals surface area contributed by atoms with Crippen LogP contribution in [0, 0.1) is 0 Å². The van der Waals surface area contributed by atoms with E-state index >= 15 is 0 Å². The summed E-state index contributed by atoms with van der Waals surface area (Å²) in [4.78, 5) is 45.3. The van der Waals surface area contributed by atoms with Gasteiger partial charge in [-0.05, 0) is 6.42 Å². The van der Waals surface area contributed by atoms with Crippen LogP contribution in [-0.2, 0) is 38.4 Å². The third kappa shape index (κ3) is 15.8. The molecule has 0 aromatic heterocycles. The van der Waals surface area contributed by atoms with Gasteiger partial charge in [-0.15, -0.1) is 0 Å². The van der Waals surface area contributed by atoms with E-state index < -0.39 is 23.9 Å². The zero-order chi connectivity index (χ0) is 17.0. The first-order chi connectivity index (χ1) is 10.5. The van der Waals surface area contributed by atoms with Crippen molar-refractivity contribution >= 4 is 17.9 Å². The van der Waals surface area contributed by atoms with Gasteiger partial charge in [-0.2, -0.15) is 0 Å². The number of ether oxygens (including phenoxy) is 3. The molecule has 26 heavy (non-hydrogen) atoms. The molecule has 0 spiro atoms.